The Morgan fingerprint density at radius 2 is 1.73 bits per heavy atom. The summed E-state index contributed by atoms with van der Waals surface area (Å²) in [6.07, 6.45) is 0. The molecule has 0 fully saturated rings. The summed E-state index contributed by atoms with van der Waals surface area (Å²) >= 11 is 0. The van der Waals surface area contributed by atoms with Gasteiger partial charge >= 0.3 is 12.0 Å². The highest BCUT2D eigenvalue weighted by Crippen LogP contribution is 2.19. The van der Waals surface area contributed by atoms with Crippen molar-refractivity contribution in [2.24, 2.45) is 0 Å². The Kier molecular flexibility index (Phi) is 4.67. The minimum atomic E-state index is -0.791. The van der Waals surface area contributed by atoms with Crippen molar-refractivity contribution in [1.29, 1.82) is 0 Å². The molecule has 2 amide bonds. The summed E-state index contributed by atoms with van der Waals surface area (Å²) in [4.78, 5) is 23.4. The molecule has 0 aliphatic rings. The van der Waals surface area contributed by atoms with Crippen LogP contribution in [0.15, 0.2) is 42.5 Å². The molecule has 7 heteroatoms. The molecular weight excluding hydrogens is 294 g/mol. The molecule has 0 heterocycles. The number of nitrogens with one attached hydrogen (secondary N) is 2. The van der Waals surface area contributed by atoms with Crippen LogP contribution in [0.2, 0.25) is 0 Å². The minimum Gasteiger partial charge on any atom is -0.465 e. The number of hydrogen-bond acceptors (Lipinski definition) is 3. The second kappa shape index (κ2) is 6.66. The quantitative estimate of drug-likeness (QED) is 0.854. The molecule has 0 atom stereocenters. The highest BCUT2D eigenvalue weighted by molar-refractivity contribution is 6.05. The molecule has 0 radical (unpaired) electrons. The zero-order valence-electron chi connectivity index (χ0n) is 11.5. The van der Waals surface area contributed by atoms with Gasteiger partial charge in [-0.1, -0.05) is 6.07 Å². The van der Waals surface area contributed by atoms with Gasteiger partial charge in [-0.15, -0.1) is 0 Å². The lowest BCUT2D eigenvalue weighted by molar-refractivity contribution is 0.0601. The fraction of sp³-hybridized carbons (Fsp3) is 0.0667. The van der Waals surface area contributed by atoms with Crippen LogP contribution in [0.4, 0.5) is 25.0 Å². The topological polar surface area (TPSA) is 67.4 Å². The number of carbonyl (C=O) groups excluding carboxylic acids is 2. The van der Waals surface area contributed by atoms with Crippen molar-refractivity contribution < 1.29 is 23.1 Å². The van der Waals surface area contributed by atoms with Gasteiger partial charge in [-0.2, -0.15) is 0 Å². The Labute approximate surface area is 124 Å². The van der Waals surface area contributed by atoms with Gasteiger partial charge in [0.15, 0.2) is 0 Å². The number of rotatable bonds is 3. The van der Waals surface area contributed by atoms with E-state index < -0.39 is 23.6 Å². The first-order valence-electron chi connectivity index (χ1n) is 6.21. The van der Waals surface area contributed by atoms with Crippen LogP contribution in [-0.2, 0) is 4.74 Å². The Balaban J connectivity index is 2.16. The van der Waals surface area contributed by atoms with E-state index in [1.54, 1.807) is 0 Å². The minimum absolute atomic E-state index is 0.0714. The number of amides is 2. The predicted molar refractivity (Wildman–Crippen MR) is 76.8 cm³/mol. The smallest absolute Gasteiger partial charge is 0.340 e. The number of carbonyl (C=O) groups is 2. The van der Waals surface area contributed by atoms with Crippen LogP contribution in [0.1, 0.15) is 10.4 Å². The van der Waals surface area contributed by atoms with Gasteiger partial charge < -0.3 is 15.4 Å². The van der Waals surface area contributed by atoms with Crippen molar-refractivity contribution in [3.8, 4) is 0 Å². The van der Waals surface area contributed by atoms with Crippen molar-refractivity contribution in [3.63, 3.8) is 0 Å². The second-order valence-corrected chi connectivity index (χ2v) is 4.27. The first-order valence-corrected chi connectivity index (χ1v) is 6.21. The molecule has 0 spiro atoms. The number of ether oxygens (including phenoxy) is 1. The first kappa shape index (κ1) is 15.4. The van der Waals surface area contributed by atoms with Crippen molar-refractivity contribution in [1.82, 2.24) is 0 Å². The van der Waals surface area contributed by atoms with Crippen LogP contribution in [0.5, 0.6) is 0 Å². The van der Waals surface area contributed by atoms with E-state index in [9.17, 15) is 18.4 Å². The Hall–Kier alpha value is -2.96. The monoisotopic (exact) mass is 306 g/mol. The maximum atomic E-state index is 13.2. The SMILES string of the molecule is COC(=O)c1cc(F)ccc1NC(=O)Nc1cccc(F)c1. The summed E-state index contributed by atoms with van der Waals surface area (Å²) in [7, 11) is 1.14. The zero-order chi connectivity index (χ0) is 16.1. The van der Waals surface area contributed by atoms with Crippen molar-refractivity contribution >= 4 is 23.4 Å². The summed E-state index contributed by atoms with van der Waals surface area (Å²) in [5, 5.41) is 4.78. The lowest BCUT2D eigenvalue weighted by Crippen LogP contribution is -2.21. The van der Waals surface area contributed by atoms with E-state index >= 15 is 0 Å². The number of hydrogen-bond donors (Lipinski definition) is 2. The number of anilines is 2. The fourth-order valence-corrected chi connectivity index (χ4v) is 1.76. The molecule has 0 bridgehead atoms. The van der Waals surface area contributed by atoms with Crippen LogP contribution in [0, 0.1) is 11.6 Å². The Morgan fingerprint density at radius 3 is 2.41 bits per heavy atom. The van der Waals surface area contributed by atoms with E-state index in [-0.39, 0.29) is 16.9 Å². The standard InChI is InChI=1S/C15H12F2N2O3/c1-22-14(20)12-8-10(17)5-6-13(12)19-15(21)18-11-4-2-3-9(16)7-11/h2-8H,1H3,(H2,18,19,21). The van der Waals surface area contributed by atoms with Gasteiger partial charge in [0.05, 0.1) is 18.4 Å². The van der Waals surface area contributed by atoms with Crippen LogP contribution >= 0.6 is 0 Å². The highest BCUT2D eigenvalue weighted by atomic mass is 19.1. The number of urea groups is 1. The Morgan fingerprint density at radius 1 is 1.00 bits per heavy atom. The predicted octanol–water partition coefficient (Wildman–Crippen LogP) is 3.40. The van der Waals surface area contributed by atoms with Gasteiger partial charge in [0.2, 0.25) is 0 Å². The summed E-state index contributed by atoms with van der Waals surface area (Å²) in [6.45, 7) is 0. The molecule has 0 aliphatic carbocycles. The third-order valence-corrected chi connectivity index (χ3v) is 2.72. The molecule has 0 unspecified atom stereocenters. The molecule has 114 valence electrons. The third kappa shape index (κ3) is 3.78. The largest absolute Gasteiger partial charge is 0.465 e. The van der Waals surface area contributed by atoms with Crippen molar-refractivity contribution in [2.75, 3.05) is 17.7 Å². The molecular formula is C15H12F2N2O3. The van der Waals surface area contributed by atoms with Crippen LogP contribution < -0.4 is 10.6 Å². The summed E-state index contributed by atoms with van der Waals surface area (Å²) in [5.41, 5.74) is 0.179. The number of halogens is 2. The molecule has 0 aromatic heterocycles. The third-order valence-electron chi connectivity index (χ3n) is 2.72. The molecule has 2 N–H and O–H groups in total. The molecule has 5 nitrogen and oxygen atoms in total. The fourth-order valence-electron chi connectivity index (χ4n) is 1.76. The molecule has 2 aromatic rings. The van der Waals surface area contributed by atoms with Gasteiger partial charge in [0.25, 0.3) is 0 Å². The average molecular weight is 306 g/mol. The van der Waals surface area contributed by atoms with E-state index in [0.29, 0.717) is 0 Å². The summed E-state index contributed by atoms with van der Waals surface area (Å²) in [5.74, 6) is -1.94. The highest BCUT2D eigenvalue weighted by Gasteiger charge is 2.15. The lowest BCUT2D eigenvalue weighted by Gasteiger charge is -2.11. The van der Waals surface area contributed by atoms with Crippen LogP contribution in [0.3, 0.4) is 0 Å². The maximum Gasteiger partial charge on any atom is 0.340 e. The summed E-state index contributed by atoms with van der Waals surface area (Å²) < 4.78 is 30.7. The Bertz CT molecular complexity index is 720. The van der Waals surface area contributed by atoms with Gasteiger partial charge in [-0.25, -0.2) is 18.4 Å². The van der Waals surface area contributed by atoms with Gasteiger partial charge in [0.1, 0.15) is 11.6 Å². The lowest BCUT2D eigenvalue weighted by atomic mass is 10.1. The first-order chi connectivity index (χ1) is 10.5. The van der Waals surface area contributed by atoms with Crippen LogP contribution in [0.25, 0.3) is 0 Å². The van der Waals surface area contributed by atoms with Gasteiger partial charge in [-0.3, -0.25) is 0 Å². The number of benzene rings is 2. The van der Waals surface area contributed by atoms with Crippen LogP contribution in [-0.4, -0.2) is 19.1 Å². The van der Waals surface area contributed by atoms with Crippen molar-refractivity contribution in [3.05, 3.63) is 59.7 Å². The van der Waals surface area contributed by atoms with Gasteiger partial charge in [0, 0.05) is 5.69 Å². The zero-order valence-corrected chi connectivity index (χ0v) is 11.5. The molecule has 2 aromatic carbocycles. The maximum absolute atomic E-state index is 13.2. The van der Waals surface area contributed by atoms with E-state index in [1.807, 2.05) is 0 Å². The van der Waals surface area contributed by atoms with Crippen molar-refractivity contribution in [2.45, 2.75) is 0 Å². The average Bonchev–Trinajstić information content (AvgIpc) is 2.48. The van der Waals surface area contributed by atoms with Gasteiger partial charge in [-0.05, 0) is 36.4 Å². The molecule has 0 saturated carbocycles. The number of esters is 1. The number of methoxy groups -OCH3 is 1. The normalized spacial score (nSPS) is 9.95. The van der Waals surface area contributed by atoms with E-state index in [2.05, 4.69) is 15.4 Å². The molecule has 22 heavy (non-hydrogen) atoms. The van der Waals surface area contributed by atoms with E-state index in [4.69, 9.17) is 0 Å². The molecule has 2 rings (SSSR count). The molecule has 0 aliphatic heterocycles. The van der Waals surface area contributed by atoms with E-state index in [0.717, 1.165) is 25.3 Å². The van der Waals surface area contributed by atoms with E-state index in [1.165, 1.54) is 24.3 Å². The second-order valence-electron chi connectivity index (χ2n) is 4.27. The molecule has 0 saturated heterocycles. The summed E-state index contributed by atoms with van der Waals surface area (Å²) in [6, 6.07) is 7.85.